The summed E-state index contributed by atoms with van der Waals surface area (Å²) >= 11 is 2.11. The van der Waals surface area contributed by atoms with Crippen LogP contribution in [0.4, 0.5) is 14.9 Å². The third-order valence-corrected chi connectivity index (χ3v) is 5.57. The number of halogens is 2. The maximum Gasteiger partial charge on any atom is 0.316 e. The van der Waals surface area contributed by atoms with Gasteiger partial charge in [-0.2, -0.15) is 0 Å². The Bertz CT molecular complexity index is 910. The van der Waals surface area contributed by atoms with Crippen LogP contribution in [0.1, 0.15) is 12.5 Å². The monoisotopic (exact) mass is 522 g/mol. The van der Waals surface area contributed by atoms with E-state index in [1.165, 1.54) is 12.1 Å². The number of nitrogens with two attached hydrogens (primary N) is 1. The number of benzene rings is 2. The minimum absolute atomic E-state index is 0.0234. The summed E-state index contributed by atoms with van der Waals surface area (Å²) in [4.78, 5) is 28.0. The second kappa shape index (κ2) is 10.1. The molecule has 1 aliphatic heterocycles. The first-order valence-corrected chi connectivity index (χ1v) is 10.6. The van der Waals surface area contributed by atoms with E-state index < -0.39 is 6.03 Å². The Balaban J connectivity index is 1.54. The number of primary amides is 1. The highest BCUT2D eigenvalue weighted by molar-refractivity contribution is 14.1. The van der Waals surface area contributed by atoms with E-state index in [0.717, 1.165) is 22.2 Å². The summed E-state index contributed by atoms with van der Waals surface area (Å²) in [5.74, 6) is 0.0301. The maximum absolute atomic E-state index is 13.1. The lowest BCUT2D eigenvalue weighted by atomic mass is 10.1. The fourth-order valence-corrected chi connectivity index (χ4v) is 3.97. The molecule has 0 bridgehead atoms. The number of rotatable bonds is 6. The summed E-state index contributed by atoms with van der Waals surface area (Å²) < 4.78 is 19.7. The van der Waals surface area contributed by atoms with Crippen molar-refractivity contribution in [2.75, 3.05) is 31.6 Å². The number of nitrogens with zero attached hydrogens (tertiary/aromatic N) is 2. The fourth-order valence-electron chi connectivity index (χ4n) is 3.48. The summed E-state index contributed by atoms with van der Waals surface area (Å²) in [7, 11) is 0. The van der Waals surface area contributed by atoms with Crippen molar-refractivity contribution in [2.24, 2.45) is 5.73 Å². The molecular weight excluding hydrogens is 498 g/mol. The molecule has 0 spiro atoms. The Morgan fingerprint density at radius 1 is 1.23 bits per heavy atom. The van der Waals surface area contributed by atoms with Crippen molar-refractivity contribution in [2.45, 2.75) is 19.5 Å². The molecule has 160 valence electrons. The number of nitrogens with one attached hydrogen (secondary N) is 1. The van der Waals surface area contributed by atoms with Crippen molar-refractivity contribution < 1.29 is 18.7 Å². The Morgan fingerprint density at radius 3 is 2.63 bits per heavy atom. The normalized spacial score (nSPS) is 16.9. The Labute approximate surface area is 188 Å². The van der Waals surface area contributed by atoms with Gasteiger partial charge in [0.2, 0.25) is 0 Å². The molecule has 0 unspecified atom stereocenters. The van der Waals surface area contributed by atoms with Gasteiger partial charge in [0.15, 0.2) is 6.61 Å². The van der Waals surface area contributed by atoms with Crippen LogP contribution in [0.5, 0.6) is 5.75 Å². The lowest BCUT2D eigenvalue weighted by Gasteiger charge is -2.39. The van der Waals surface area contributed by atoms with Crippen molar-refractivity contribution >= 4 is 40.2 Å². The second-order valence-electron chi connectivity index (χ2n) is 7.22. The topological polar surface area (TPSA) is 87.9 Å². The van der Waals surface area contributed by atoms with Gasteiger partial charge in [-0.25, -0.2) is 9.18 Å². The van der Waals surface area contributed by atoms with Gasteiger partial charge in [0.1, 0.15) is 11.6 Å². The van der Waals surface area contributed by atoms with E-state index in [9.17, 15) is 14.0 Å². The van der Waals surface area contributed by atoms with Crippen molar-refractivity contribution in [1.29, 1.82) is 0 Å². The SMILES string of the molecule is C[C@@H]1CN(Cc2ccc(F)cc2)CCN1C(=O)COc1ccc([123I])cc1NC(N)=O. The van der Waals surface area contributed by atoms with Crippen molar-refractivity contribution in [3.05, 3.63) is 57.4 Å². The van der Waals surface area contributed by atoms with E-state index in [-0.39, 0.29) is 24.4 Å². The highest BCUT2D eigenvalue weighted by atomic mass is 123. The first-order valence-electron chi connectivity index (χ1n) is 9.57. The molecule has 3 amide bonds. The number of anilines is 1. The molecule has 0 aliphatic carbocycles. The van der Waals surface area contributed by atoms with Gasteiger partial charge in [-0.05, 0) is 65.4 Å². The van der Waals surface area contributed by atoms with Crippen LogP contribution in [0.15, 0.2) is 42.5 Å². The fraction of sp³-hybridized carbons (Fsp3) is 0.333. The van der Waals surface area contributed by atoms with Gasteiger partial charge in [0.25, 0.3) is 5.91 Å². The number of piperazine rings is 1. The lowest BCUT2D eigenvalue weighted by molar-refractivity contribution is -0.137. The number of amides is 3. The summed E-state index contributed by atoms with van der Waals surface area (Å²) in [6.07, 6.45) is 0. The predicted molar refractivity (Wildman–Crippen MR) is 121 cm³/mol. The van der Waals surface area contributed by atoms with E-state index in [2.05, 4.69) is 32.8 Å². The number of urea groups is 1. The number of hydrogen-bond donors (Lipinski definition) is 2. The molecule has 1 aliphatic rings. The third kappa shape index (κ3) is 6.05. The minimum atomic E-state index is -0.695. The zero-order valence-electron chi connectivity index (χ0n) is 16.6. The van der Waals surface area contributed by atoms with Crippen LogP contribution in [0.3, 0.4) is 0 Å². The van der Waals surface area contributed by atoms with Crippen molar-refractivity contribution in [1.82, 2.24) is 9.80 Å². The van der Waals surface area contributed by atoms with Crippen LogP contribution in [0.25, 0.3) is 0 Å². The van der Waals surface area contributed by atoms with Gasteiger partial charge in [0, 0.05) is 35.8 Å². The number of carbonyl (C=O) groups excluding carboxylic acids is 2. The highest BCUT2D eigenvalue weighted by Crippen LogP contribution is 2.26. The third-order valence-electron chi connectivity index (χ3n) is 4.90. The largest absolute Gasteiger partial charge is 0.482 e. The van der Waals surface area contributed by atoms with Crippen LogP contribution in [-0.2, 0) is 11.3 Å². The molecule has 3 N–H and O–H groups in total. The maximum atomic E-state index is 13.1. The molecule has 30 heavy (non-hydrogen) atoms. The van der Waals surface area contributed by atoms with E-state index >= 15 is 0 Å². The molecule has 7 nitrogen and oxygen atoms in total. The molecule has 9 heteroatoms. The number of ether oxygens (including phenoxy) is 1. The predicted octanol–water partition coefficient (Wildman–Crippen LogP) is 3.03. The molecule has 2 aromatic rings. The quantitative estimate of drug-likeness (QED) is 0.572. The molecule has 1 fully saturated rings. The summed E-state index contributed by atoms with van der Waals surface area (Å²) in [6.45, 7) is 4.63. The van der Waals surface area contributed by atoms with Crippen LogP contribution in [-0.4, -0.2) is 54.0 Å². The van der Waals surface area contributed by atoms with Crippen molar-refractivity contribution in [3.63, 3.8) is 0 Å². The summed E-state index contributed by atoms with van der Waals surface area (Å²) in [5, 5.41) is 2.51. The van der Waals surface area contributed by atoms with Crippen LogP contribution in [0, 0.1) is 9.39 Å². The van der Waals surface area contributed by atoms with Gasteiger partial charge in [0.05, 0.1) is 5.69 Å². The molecule has 2 aromatic carbocycles. The minimum Gasteiger partial charge on any atom is -0.482 e. The Kier molecular flexibility index (Phi) is 7.48. The molecule has 0 radical (unpaired) electrons. The van der Waals surface area contributed by atoms with Gasteiger partial charge >= 0.3 is 6.03 Å². The van der Waals surface area contributed by atoms with Crippen LogP contribution >= 0.6 is 22.6 Å². The van der Waals surface area contributed by atoms with E-state index in [4.69, 9.17) is 10.5 Å². The molecule has 0 aromatic heterocycles. The van der Waals surface area contributed by atoms with E-state index in [1.807, 2.05) is 13.0 Å². The molecule has 3 rings (SSSR count). The van der Waals surface area contributed by atoms with Gasteiger partial charge in [-0.1, -0.05) is 12.1 Å². The number of carbonyl (C=O) groups is 2. The standard InChI is InChI=1S/C21H24FIN4O3/c1-14-11-26(12-15-2-4-16(22)5-3-15)8-9-27(14)20(28)13-30-19-7-6-17(23)10-18(19)25-21(24)29/h2-7,10,14H,8-9,11-13H2,1H3,(H3,24,25,29)/t14-/m1/s1/i23-4. The first kappa shape index (κ1) is 22.3. The first-order chi connectivity index (χ1) is 14.3. The van der Waals surface area contributed by atoms with Crippen LogP contribution in [0.2, 0.25) is 0 Å². The molecule has 1 heterocycles. The summed E-state index contributed by atoms with van der Waals surface area (Å²) in [6, 6.07) is 11.1. The highest BCUT2D eigenvalue weighted by Gasteiger charge is 2.27. The van der Waals surface area contributed by atoms with E-state index in [0.29, 0.717) is 24.5 Å². The van der Waals surface area contributed by atoms with Crippen molar-refractivity contribution in [3.8, 4) is 5.75 Å². The zero-order valence-corrected chi connectivity index (χ0v) is 18.8. The molecule has 1 saturated heterocycles. The molecular formula is C21H24FIN4O3. The van der Waals surface area contributed by atoms with Gasteiger partial charge < -0.3 is 20.7 Å². The average molecular weight is 522 g/mol. The number of hydrogen-bond acceptors (Lipinski definition) is 4. The lowest BCUT2D eigenvalue weighted by Crippen LogP contribution is -2.54. The smallest absolute Gasteiger partial charge is 0.316 e. The zero-order chi connectivity index (χ0) is 21.7. The van der Waals surface area contributed by atoms with Gasteiger partial charge in [-0.3, -0.25) is 9.69 Å². The molecule has 0 saturated carbocycles. The average Bonchev–Trinajstić information content (AvgIpc) is 2.68. The molecule has 1 atom stereocenters. The van der Waals surface area contributed by atoms with E-state index in [1.54, 1.807) is 29.2 Å². The Hall–Kier alpha value is -2.40. The Morgan fingerprint density at radius 2 is 1.97 bits per heavy atom. The van der Waals surface area contributed by atoms with Crippen LogP contribution < -0.4 is 15.8 Å². The summed E-state index contributed by atoms with van der Waals surface area (Å²) in [5.41, 5.74) is 6.68. The van der Waals surface area contributed by atoms with Gasteiger partial charge in [-0.15, -0.1) is 0 Å². The second-order valence-corrected chi connectivity index (χ2v) is 8.46.